The molecule has 3 atom stereocenters. The van der Waals surface area contributed by atoms with Gasteiger partial charge in [-0.1, -0.05) is 63.1 Å². The molecule has 1 N–H and O–H groups in total. The minimum atomic E-state index is -0.365. The summed E-state index contributed by atoms with van der Waals surface area (Å²) in [6, 6.07) is 16.9. The number of benzene rings is 2. The number of methoxy groups -OCH3 is 1. The molecule has 0 aliphatic heterocycles. The van der Waals surface area contributed by atoms with Gasteiger partial charge in [0.15, 0.2) is 0 Å². The molecule has 0 unspecified atom stereocenters. The molecule has 2 nitrogen and oxygen atoms in total. The number of hydrogen-bond donors (Lipinski definition) is 1. The molecule has 26 heavy (non-hydrogen) atoms. The first-order valence-corrected chi connectivity index (χ1v) is 10.0. The fourth-order valence-electron chi connectivity index (χ4n) is 4.67. The van der Waals surface area contributed by atoms with E-state index in [1.165, 1.54) is 29.5 Å². The molecule has 1 aliphatic rings. The molecule has 0 heterocycles. The number of aliphatic hydroxyl groups is 1. The van der Waals surface area contributed by atoms with E-state index in [0.717, 1.165) is 31.4 Å². The minimum absolute atomic E-state index is 0.0245. The lowest BCUT2D eigenvalue weighted by Gasteiger charge is -2.40. The van der Waals surface area contributed by atoms with Gasteiger partial charge < -0.3 is 9.84 Å². The molecule has 0 saturated heterocycles. The van der Waals surface area contributed by atoms with Crippen LogP contribution in [0.15, 0.2) is 48.5 Å². The smallest absolute Gasteiger partial charge is 0.119 e. The van der Waals surface area contributed by atoms with Crippen LogP contribution in [-0.4, -0.2) is 18.3 Å². The molecule has 2 aromatic rings. The van der Waals surface area contributed by atoms with Crippen molar-refractivity contribution in [2.45, 2.75) is 64.4 Å². The van der Waals surface area contributed by atoms with E-state index in [1.54, 1.807) is 7.11 Å². The van der Waals surface area contributed by atoms with Crippen molar-refractivity contribution in [3.63, 3.8) is 0 Å². The first kappa shape index (κ1) is 19.0. The summed E-state index contributed by atoms with van der Waals surface area (Å²) in [5.41, 5.74) is 3.77. The molecule has 0 fully saturated rings. The topological polar surface area (TPSA) is 29.5 Å². The van der Waals surface area contributed by atoms with Gasteiger partial charge >= 0.3 is 0 Å². The average molecular weight is 353 g/mol. The monoisotopic (exact) mass is 352 g/mol. The van der Waals surface area contributed by atoms with E-state index in [1.807, 2.05) is 12.1 Å². The number of aliphatic hydroxyl groups excluding tert-OH is 1. The molecule has 0 bridgehead atoms. The fourth-order valence-corrected chi connectivity index (χ4v) is 4.67. The average Bonchev–Trinajstić information content (AvgIpc) is 2.81. The minimum Gasteiger partial charge on any atom is -0.497 e. The van der Waals surface area contributed by atoms with Crippen LogP contribution in [-0.2, 0) is 6.42 Å². The van der Waals surface area contributed by atoms with Crippen molar-refractivity contribution in [2.24, 2.45) is 5.41 Å². The summed E-state index contributed by atoms with van der Waals surface area (Å²) in [7, 11) is 1.72. The van der Waals surface area contributed by atoms with Crippen molar-refractivity contribution in [3.8, 4) is 5.75 Å². The third-order valence-corrected chi connectivity index (χ3v) is 6.41. The number of unbranched alkanes of at least 4 members (excludes halogenated alkanes) is 1. The van der Waals surface area contributed by atoms with E-state index in [9.17, 15) is 5.11 Å². The Labute approximate surface area is 158 Å². The van der Waals surface area contributed by atoms with Crippen LogP contribution in [0.25, 0.3) is 0 Å². The second-order valence-corrected chi connectivity index (χ2v) is 7.72. The van der Waals surface area contributed by atoms with Gasteiger partial charge in [-0.25, -0.2) is 0 Å². The third kappa shape index (κ3) is 3.53. The van der Waals surface area contributed by atoms with Crippen LogP contribution in [0.1, 0.15) is 68.6 Å². The molecule has 0 saturated carbocycles. The highest BCUT2D eigenvalue weighted by atomic mass is 16.5. The Bertz CT molecular complexity index is 709. The molecule has 140 valence electrons. The van der Waals surface area contributed by atoms with Gasteiger partial charge in [0.25, 0.3) is 0 Å². The van der Waals surface area contributed by atoms with E-state index >= 15 is 0 Å². The highest BCUT2D eigenvalue weighted by Crippen LogP contribution is 2.49. The maximum Gasteiger partial charge on any atom is 0.119 e. The van der Waals surface area contributed by atoms with Gasteiger partial charge in [0.2, 0.25) is 0 Å². The highest BCUT2D eigenvalue weighted by molar-refractivity contribution is 5.44. The summed E-state index contributed by atoms with van der Waals surface area (Å²) in [5.74, 6) is 0.930. The number of rotatable bonds is 6. The summed E-state index contributed by atoms with van der Waals surface area (Å²) in [6.07, 6.45) is 6.13. The molecule has 2 heteroatoms. The first-order valence-electron chi connectivity index (χ1n) is 10.0. The zero-order valence-corrected chi connectivity index (χ0v) is 16.4. The number of fused-ring (bicyclic) bond motifs is 1. The molecule has 3 rings (SSSR count). The van der Waals surface area contributed by atoms with Crippen LogP contribution in [0.3, 0.4) is 0 Å². The largest absolute Gasteiger partial charge is 0.497 e. The molecule has 0 aromatic heterocycles. The van der Waals surface area contributed by atoms with Crippen LogP contribution >= 0.6 is 0 Å². The quantitative estimate of drug-likeness (QED) is 0.674. The van der Waals surface area contributed by atoms with Gasteiger partial charge in [0.05, 0.1) is 13.2 Å². The van der Waals surface area contributed by atoms with Crippen molar-refractivity contribution >= 4 is 0 Å². The number of aryl methyl sites for hydroxylation is 1. The van der Waals surface area contributed by atoms with E-state index in [-0.39, 0.29) is 17.4 Å². The Kier molecular flexibility index (Phi) is 6.03. The number of ether oxygens (including phenoxy) is 1. The maximum absolute atomic E-state index is 11.7. The summed E-state index contributed by atoms with van der Waals surface area (Å²) in [6.45, 7) is 4.48. The van der Waals surface area contributed by atoms with Crippen molar-refractivity contribution in [3.05, 3.63) is 65.2 Å². The van der Waals surface area contributed by atoms with Crippen LogP contribution < -0.4 is 4.74 Å². The van der Waals surface area contributed by atoms with E-state index in [2.05, 4.69) is 50.2 Å². The van der Waals surface area contributed by atoms with Crippen LogP contribution in [0.5, 0.6) is 5.75 Å². The standard InChI is InChI=1S/C24H32O2/c1-4-6-15-24(5-2)16-14-19-17-20(26-3)12-13-21(19)22(23(24)25)18-10-8-7-9-11-18/h7-13,17,22-23,25H,4-6,14-16H2,1-3H3/t22-,23-,24+/m0/s1. The highest BCUT2D eigenvalue weighted by Gasteiger charge is 2.43. The Hall–Kier alpha value is -1.80. The Morgan fingerprint density at radius 2 is 1.88 bits per heavy atom. The fraction of sp³-hybridized carbons (Fsp3) is 0.500. The van der Waals surface area contributed by atoms with Gasteiger partial charge in [-0.15, -0.1) is 0 Å². The van der Waals surface area contributed by atoms with Crippen molar-refractivity contribution in [1.82, 2.24) is 0 Å². The molecule has 0 amide bonds. The van der Waals surface area contributed by atoms with E-state index in [0.29, 0.717) is 0 Å². The van der Waals surface area contributed by atoms with Gasteiger partial charge in [-0.3, -0.25) is 0 Å². The first-order chi connectivity index (χ1) is 12.6. The van der Waals surface area contributed by atoms with Gasteiger partial charge in [-0.2, -0.15) is 0 Å². The molecule has 2 aromatic carbocycles. The molecular formula is C24H32O2. The lowest BCUT2D eigenvalue weighted by Crippen LogP contribution is -2.38. The Balaban J connectivity index is 2.12. The second kappa shape index (κ2) is 8.26. The second-order valence-electron chi connectivity index (χ2n) is 7.72. The van der Waals surface area contributed by atoms with Crippen LogP contribution in [0.4, 0.5) is 0 Å². The predicted molar refractivity (Wildman–Crippen MR) is 108 cm³/mol. The molecule has 0 spiro atoms. The normalized spacial score (nSPS) is 25.4. The zero-order valence-electron chi connectivity index (χ0n) is 16.4. The molecule has 0 radical (unpaired) electrons. The van der Waals surface area contributed by atoms with Gasteiger partial charge in [0.1, 0.15) is 5.75 Å². The van der Waals surface area contributed by atoms with Gasteiger partial charge in [0, 0.05) is 5.92 Å². The SMILES string of the molecule is CCCC[C@]1(CC)CCc2cc(OC)ccc2[C@H](c2ccccc2)[C@@H]1O. The van der Waals surface area contributed by atoms with Crippen LogP contribution in [0.2, 0.25) is 0 Å². The predicted octanol–water partition coefficient (Wildman–Crippen LogP) is 5.72. The summed E-state index contributed by atoms with van der Waals surface area (Å²) in [4.78, 5) is 0. The van der Waals surface area contributed by atoms with Gasteiger partial charge in [-0.05, 0) is 59.9 Å². The lowest BCUT2D eigenvalue weighted by molar-refractivity contribution is -0.00156. The van der Waals surface area contributed by atoms with Crippen molar-refractivity contribution in [1.29, 1.82) is 0 Å². The Morgan fingerprint density at radius 3 is 2.54 bits per heavy atom. The Morgan fingerprint density at radius 1 is 1.12 bits per heavy atom. The van der Waals surface area contributed by atoms with Crippen molar-refractivity contribution in [2.75, 3.05) is 7.11 Å². The molecule has 1 aliphatic carbocycles. The third-order valence-electron chi connectivity index (χ3n) is 6.41. The lowest BCUT2D eigenvalue weighted by atomic mass is 9.67. The maximum atomic E-state index is 11.7. The van der Waals surface area contributed by atoms with Crippen molar-refractivity contribution < 1.29 is 9.84 Å². The van der Waals surface area contributed by atoms with E-state index in [4.69, 9.17) is 4.74 Å². The summed E-state index contributed by atoms with van der Waals surface area (Å²) in [5, 5.41) is 11.7. The molecular weight excluding hydrogens is 320 g/mol. The summed E-state index contributed by atoms with van der Waals surface area (Å²) >= 11 is 0. The summed E-state index contributed by atoms with van der Waals surface area (Å²) < 4.78 is 5.47. The van der Waals surface area contributed by atoms with Crippen LogP contribution in [0, 0.1) is 5.41 Å². The zero-order chi connectivity index (χ0) is 18.6. The number of hydrogen-bond acceptors (Lipinski definition) is 2. The van der Waals surface area contributed by atoms with E-state index < -0.39 is 0 Å².